The number of nitrogens with one attached hydrogen (secondary N) is 1. The molecule has 1 aliphatic heterocycles. The molecule has 1 aliphatic rings. The average Bonchev–Trinajstić information content (AvgIpc) is 3.14. The van der Waals surface area contributed by atoms with E-state index in [1.165, 1.54) is 6.07 Å². The van der Waals surface area contributed by atoms with Crippen molar-refractivity contribution in [2.24, 2.45) is 5.10 Å². The number of amides is 1. The Hall–Kier alpha value is -2.95. The number of nitrogens with zero attached hydrogens (tertiary/aromatic N) is 1. The summed E-state index contributed by atoms with van der Waals surface area (Å²) in [5.74, 6) is -41.9. The molecule has 0 spiro atoms. The van der Waals surface area contributed by atoms with Crippen molar-refractivity contribution >= 4 is 12.1 Å². The molecule has 0 fully saturated rings. The maximum atomic E-state index is 13.6. The van der Waals surface area contributed by atoms with Crippen molar-refractivity contribution in [3.05, 3.63) is 23.8 Å². The predicted octanol–water partition coefficient (Wildman–Crippen LogP) is 4.60. The SMILES string of the molecule is O=C(N/N=C/c1ccc2c(c1)OCO2)C(F)(F)C(F)(F)C(F)(F)C(F)(F)C(F)(F)C(F)(F)F. The van der Waals surface area contributed by atoms with E-state index in [2.05, 4.69) is 5.10 Å². The third kappa shape index (κ3) is 3.98. The standard InChI is InChI=1S/C15H7F13N2O3/c16-10(17,9(31)30-29-4-6-1-2-7-8(3-6)33-5-32-7)11(18,19)12(20,21)13(22,23)14(24,25)15(26,27)28/h1-4H,5H2,(H,30,31)/b29-4+. The lowest BCUT2D eigenvalue weighted by Gasteiger charge is -2.38. The fourth-order valence-electron chi connectivity index (χ4n) is 2.14. The number of benzene rings is 1. The molecule has 1 N–H and O–H groups in total. The van der Waals surface area contributed by atoms with Gasteiger partial charge in [0.2, 0.25) is 6.79 Å². The van der Waals surface area contributed by atoms with E-state index in [0.717, 1.165) is 12.1 Å². The Kier molecular flexibility index (Phi) is 6.24. The normalized spacial score (nSPS) is 15.8. The number of hydrogen-bond acceptors (Lipinski definition) is 4. The van der Waals surface area contributed by atoms with Crippen molar-refractivity contribution in [1.29, 1.82) is 0 Å². The molecule has 2 rings (SSSR count). The molecule has 5 nitrogen and oxygen atoms in total. The van der Waals surface area contributed by atoms with Gasteiger partial charge in [-0.25, -0.2) is 5.43 Å². The summed E-state index contributed by atoms with van der Waals surface area (Å²) < 4.78 is 179. The number of carbonyl (C=O) groups excluding carboxylic acids is 1. The van der Waals surface area contributed by atoms with Crippen molar-refractivity contribution in [1.82, 2.24) is 5.43 Å². The van der Waals surface area contributed by atoms with E-state index < -0.39 is 41.7 Å². The number of hydrogen-bond donors (Lipinski definition) is 1. The molecule has 33 heavy (non-hydrogen) atoms. The molecule has 18 heteroatoms. The van der Waals surface area contributed by atoms with Crippen molar-refractivity contribution in [2.75, 3.05) is 6.79 Å². The minimum atomic E-state index is -8.10. The third-order valence-corrected chi connectivity index (χ3v) is 3.99. The Morgan fingerprint density at radius 3 is 1.85 bits per heavy atom. The molecule has 0 saturated carbocycles. The molecule has 0 atom stereocenters. The van der Waals surface area contributed by atoms with Gasteiger partial charge in [0.15, 0.2) is 11.5 Å². The molecular weight excluding hydrogens is 503 g/mol. The molecule has 0 unspecified atom stereocenters. The van der Waals surface area contributed by atoms with Gasteiger partial charge in [0.1, 0.15) is 0 Å². The highest BCUT2D eigenvalue weighted by Crippen LogP contribution is 2.60. The second-order valence-corrected chi connectivity index (χ2v) is 6.18. The van der Waals surface area contributed by atoms with Gasteiger partial charge in [-0.05, 0) is 23.8 Å². The van der Waals surface area contributed by atoms with Crippen molar-refractivity contribution in [2.45, 2.75) is 35.8 Å². The largest absolute Gasteiger partial charge is 0.460 e. The highest BCUT2D eigenvalue weighted by Gasteiger charge is 2.91. The highest BCUT2D eigenvalue weighted by molar-refractivity contribution is 5.87. The molecule has 186 valence electrons. The van der Waals surface area contributed by atoms with Crippen LogP contribution in [-0.2, 0) is 4.79 Å². The van der Waals surface area contributed by atoms with Crippen LogP contribution in [0.15, 0.2) is 23.3 Å². The maximum absolute atomic E-state index is 13.6. The van der Waals surface area contributed by atoms with Crippen molar-refractivity contribution < 1.29 is 71.3 Å². The average molecular weight is 510 g/mol. The van der Waals surface area contributed by atoms with Gasteiger partial charge in [0.05, 0.1) is 6.21 Å². The molecule has 0 bridgehead atoms. The summed E-state index contributed by atoms with van der Waals surface area (Å²) in [6.07, 6.45) is -7.08. The molecule has 1 heterocycles. The van der Waals surface area contributed by atoms with E-state index in [1.807, 2.05) is 0 Å². The monoisotopic (exact) mass is 510 g/mol. The Morgan fingerprint density at radius 2 is 1.30 bits per heavy atom. The van der Waals surface area contributed by atoms with Gasteiger partial charge in [-0.1, -0.05) is 0 Å². The summed E-state index contributed by atoms with van der Waals surface area (Å²) in [6.45, 7) is -0.208. The Labute approximate surface area is 173 Å². The Morgan fingerprint density at radius 1 is 0.788 bits per heavy atom. The zero-order chi connectivity index (χ0) is 25.7. The van der Waals surface area contributed by atoms with Crippen LogP contribution in [-0.4, -0.2) is 54.7 Å². The molecule has 0 aliphatic carbocycles. The fraction of sp³-hybridized carbons (Fsp3) is 0.467. The van der Waals surface area contributed by atoms with Crippen LogP contribution in [0.2, 0.25) is 0 Å². The van der Waals surface area contributed by atoms with Crippen LogP contribution in [0.1, 0.15) is 5.56 Å². The molecule has 1 amide bonds. The van der Waals surface area contributed by atoms with E-state index in [4.69, 9.17) is 9.47 Å². The van der Waals surface area contributed by atoms with Crippen molar-refractivity contribution in [3.63, 3.8) is 0 Å². The second kappa shape index (κ2) is 7.82. The number of halogens is 13. The van der Waals surface area contributed by atoms with Gasteiger partial charge < -0.3 is 9.47 Å². The minimum absolute atomic E-state index is 0.0783. The summed E-state index contributed by atoms with van der Waals surface area (Å²) in [7, 11) is 0. The first-order valence-corrected chi connectivity index (χ1v) is 7.91. The van der Waals surface area contributed by atoms with E-state index >= 15 is 0 Å². The lowest BCUT2D eigenvalue weighted by atomic mass is 9.93. The first-order valence-electron chi connectivity index (χ1n) is 7.91. The van der Waals surface area contributed by atoms with Gasteiger partial charge in [-0.2, -0.15) is 62.2 Å². The topological polar surface area (TPSA) is 59.9 Å². The minimum Gasteiger partial charge on any atom is -0.454 e. The molecular formula is C15H7F13N2O3. The predicted molar refractivity (Wildman–Crippen MR) is 79.1 cm³/mol. The van der Waals surface area contributed by atoms with Crippen LogP contribution in [0.5, 0.6) is 11.5 Å². The highest BCUT2D eigenvalue weighted by atomic mass is 19.4. The third-order valence-electron chi connectivity index (χ3n) is 3.99. The zero-order valence-corrected chi connectivity index (χ0v) is 15.1. The molecule has 0 radical (unpaired) electrons. The van der Waals surface area contributed by atoms with Gasteiger partial charge in [0, 0.05) is 0 Å². The van der Waals surface area contributed by atoms with E-state index in [0.29, 0.717) is 11.6 Å². The van der Waals surface area contributed by atoms with Crippen LogP contribution in [0.25, 0.3) is 0 Å². The maximum Gasteiger partial charge on any atom is 0.460 e. The fourth-order valence-corrected chi connectivity index (χ4v) is 2.14. The first-order chi connectivity index (χ1) is 14.7. The number of rotatable bonds is 7. The summed E-state index contributed by atoms with van der Waals surface area (Å²) in [4.78, 5) is 11.2. The van der Waals surface area contributed by atoms with E-state index in [-0.39, 0.29) is 23.9 Å². The van der Waals surface area contributed by atoms with Gasteiger partial charge in [0.25, 0.3) is 0 Å². The van der Waals surface area contributed by atoms with Crippen LogP contribution >= 0.6 is 0 Å². The lowest BCUT2D eigenvalue weighted by molar-refractivity contribution is -0.436. The molecule has 1 aromatic rings. The van der Waals surface area contributed by atoms with Crippen LogP contribution in [0, 0.1) is 0 Å². The number of alkyl halides is 13. The van der Waals surface area contributed by atoms with Crippen LogP contribution in [0.4, 0.5) is 57.1 Å². The van der Waals surface area contributed by atoms with E-state index in [9.17, 15) is 61.9 Å². The van der Waals surface area contributed by atoms with Gasteiger partial charge in [-0.3, -0.25) is 4.79 Å². The summed E-state index contributed by atoms with van der Waals surface area (Å²) in [5.41, 5.74) is 0.492. The summed E-state index contributed by atoms with van der Waals surface area (Å²) in [5, 5.41) is 2.68. The van der Waals surface area contributed by atoms with Gasteiger partial charge >= 0.3 is 41.7 Å². The van der Waals surface area contributed by atoms with Crippen molar-refractivity contribution in [3.8, 4) is 11.5 Å². The van der Waals surface area contributed by atoms with Crippen LogP contribution < -0.4 is 14.9 Å². The number of hydrazone groups is 1. The molecule has 0 saturated heterocycles. The number of ether oxygens (including phenoxy) is 2. The van der Waals surface area contributed by atoms with Crippen LogP contribution in [0.3, 0.4) is 0 Å². The summed E-state index contributed by atoms with van der Waals surface area (Å²) >= 11 is 0. The first kappa shape index (κ1) is 26.3. The number of carbonyl (C=O) groups is 1. The Balaban J connectivity index is 2.27. The Bertz CT molecular complexity index is 943. The zero-order valence-electron chi connectivity index (χ0n) is 15.1. The molecule has 0 aromatic heterocycles. The quantitative estimate of drug-likeness (QED) is 0.332. The summed E-state index contributed by atoms with van der Waals surface area (Å²) in [6, 6.07) is 3.49. The lowest BCUT2D eigenvalue weighted by Crippen LogP contribution is -2.71. The van der Waals surface area contributed by atoms with Gasteiger partial charge in [-0.15, -0.1) is 0 Å². The van der Waals surface area contributed by atoms with E-state index in [1.54, 1.807) is 0 Å². The molecule has 1 aromatic carbocycles. The number of fused-ring (bicyclic) bond motifs is 1. The smallest absolute Gasteiger partial charge is 0.454 e. The second-order valence-electron chi connectivity index (χ2n) is 6.18.